The van der Waals surface area contributed by atoms with Crippen LogP contribution in [0.1, 0.15) is 39.0 Å². The number of hydrogen-bond donors (Lipinski definition) is 2. The van der Waals surface area contributed by atoms with E-state index >= 15 is 0 Å². The van der Waals surface area contributed by atoms with Crippen molar-refractivity contribution in [1.29, 1.82) is 0 Å². The largest absolute Gasteiger partial charge is 0.493 e. The van der Waals surface area contributed by atoms with Crippen LogP contribution >= 0.6 is 0 Å². The molecule has 3 aromatic carbocycles. The van der Waals surface area contributed by atoms with Gasteiger partial charge in [0.15, 0.2) is 11.5 Å². The van der Waals surface area contributed by atoms with Gasteiger partial charge >= 0.3 is 0 Å². The number of aryl methyl sites for hydroxylation is 3. The van der Waals surface area contributed by atoms with E-state index in [1.165, 1.54) is 11.1 Å². The average molecular weight is 461 g/mol. The molecule has 0 fully saturated rings. The van der Waals surface area contributed by atoms with Gasteiger partial charge in [-0.2, -0.15) is 0 Å². The highest BCUT2D eigenvalue weighted by molar-refractivity contribution is 6.03. The number of hydrogen-bond acceptors (Lipinski definition) is 4. The van der Waals surface area contributed by atoms with Gasteiger partial charge in [0.2, 0.25) is 5.91 Å². The average Bonchev–Trinajstić information content (AvgIpc) is 2.84. The molecule has 3 rings (SSSR count). The molecule has 0 saturated carbocycles. The van der Waals surface area contributed by atoms with Crippen LogP contribution in [0.2, 0.25) is 0 Å². The maximum absolute atomic E-state index is 12.8. The number of nitrogens with one attached hydrogen (secondary N) is 2. The molecule has 2 N–H and O–H groups in total. The van der Waals surface area contributed by atoms with Crippen LogP contribution < -0.4 is 20.1 Å². The first-order valence-electron chi connectivity index (χ1n) is 11.4. The Morgan fingerprint density at radius 2 is 1.50 bits per heavy atom. The summed E-state index contributed by atoms with van der Waals surface area (Å²) < 4.78 is 10.6. The third kappa shape index (κ3) is 6.61. The van der Waals surface area contributed by atoms with E-state index in [9.17, 15) is 9.59 Å². The summed E-state index contributed by atoms with van der Waals surface area (Å²) in [6, 6.07) is 19.0. The second-order valence-corrected chi connectivity index (χ2v) is 8.21. The van der Waals surface area contributed by atoms with Crippen molar-refractivity contribution in [3.05, 3.63) is 88.5 Å². The van der Waals surface area contributed by atoms with Gasteiger partial charge in [-0.05, 0) is 73.2 Å². The predicted octanol–water partition coefficient (Wildman–Crippen LogP) is 4.86. The summed E-state index contributed by atoms with van der Waals surface area (Å²) in [4.78, 5) is 25.4. The van der Waals surface area contributed by atoms with Gasteiger partial charge in [0.25, 0.3) is 5.91 Å². The summed E-state index contributed by atoms with van der Waals surface area (Å²) in [6.45, 7) is 4.59. The first kappa shape index (κ1) is 24.8. The molecule has 0 aliphatic rings. The Morgan fingerprint density at radius 3 is 2.24 bits per heavy atom. The maximum atomic E-state index is 12.8. The second kappa shape index (κ2) is 11.9. The minimum atomic E-state index is -0.231. The highest BCUT2D eigenvalue weighted by Gasteiger charge is 2.13. The van der Waals surface area contributed by atoms with Gasteiger partial charge in [-0.25, -0.2) is 0 Å². The molecule has 0 saturated heterocycles. The molecule has 0 radical (unpaired) electrons. The topological polar surface area (TPSA) is 76.7 Å². The number of methoxy groups -OCH3 is 2. The zero-order chi connectivity index (χ0) is 24.5. The predicted molar refractivity (Wildman–Crippen MR) is 135 cm³/mol. The van der Waals surface area contributed by atoms with Gasteiger partial charge in [0.1, 0.15) is 0 Å². The molecular weight excluding hydrogens is 428 g/mol. The molecule has 0 bridgehead atoms. The maximum Gasteiger partial charge on any atom is 0.253 e. The summed E-state index contributed by atoms with van der Waals surface area (Å²) >= 11 is 0. The smallest absolute Gasteiger partial charge is 0.253 e. The van der Waals surface area contributed by atoms with Crippen molar-refractivity contribution < 1.29 is 19.1 Å². The quantitative estimate of drug-likeness (QED) is 0.453. The molecule has 6 heteroatoms. The van der Waals surface area contributed by atoms with Crippen LogP contribution in [-0.2, 0) is 17.6 Å². The van der Waals surface area contributed by atoms with E-state index in [-0.39, 0.29) is 11.8 Å². The first-order chi connectivity index (χ1) is 16.4. The van der Waals surface area contributed by atoms with Crippen LogP contribution in [0.3, 0.4) is 0 Å². The Balaban J connectivity index is 1.55. The Kier molecular flexibility index (Phi) is 8.68. The van der Waals surface area contributed by atoms with Crippen molar-refractivity contribution in [2.24, 2.45) is 0 Å². The van der Waals surface area contributed by atoms with Crippen LogP contribution in [0.5, 0.6) is 11.5 Å². The van der Waals surface area contributed by atoms with Gasteiger partial charge in [0.05, 0.1) is 25.5 Å². The summed E-state index contributed by atoms with van der Waals surface area (Å²) in [6.07, 6.45) is 1.63. The van der Waals surface area contributed by atoms with E-state index in [1.807, 2.05) is 18.2 Å². The molecule has 0 unspecified atom stereocenters. The number of carbonyl (C=O) groups excluding carboxylic acids is 2. The van der Waals surface area contributed by atoms with Gasteiger partial charge in [0, 0.05) is 13.0 Å². The van der Waals surface area contributed by atoms with Gasteiger partial charge in [-0.3, -0.25) is 9.59 Å². The number of benzene rings is 3. The Hall–Kier alpha value is -3.80. The molecule has 3 aromatic rings. The number of ether oxygens (including phenoxy) is 2. The van der Waals surface area contributed by atoms with Gasteiger partial charge < -0.3 is 20.1 Å². The molecule has 0 atom stereocenters. The molecular formula is C28H32N2O4. The van der Waals surface area contributed by atoms with Crippen molar-refractivity contribution in [2.45, 2.75) is 33.1 Å². The second-order valence-electron chi connectivity index (χ2n) is 8.21. The van der Waals surface area contributed by atoms with E-state index in [1.54, 1.807) is 38.5 Å². The zero-order valence-corrected chi connectivity index (χ0v) is 20.2. The monoisotopic (exact) mass is 460 g/mol. The van der Waals surface area contributed by atoms with Crippen LogP contribution in [0.15, 0.2) is 60.7 Å². The molecule has 0 heterocycles. The van der Waals surface area contributed by atoms with Crippen molar-refractivity contribution >= 4 is 17.5 Å². The highest BCUT2D eigenvalue weighted by atomic mass is 16.5. The normalized spacial score (nSPS) is 10.5. The van der Waals surface area contributed by atoms with Crippen LogP contribution in [-0.4, -0.2) is 32.6 Å². The lowest BCUT2D eigenvalue weighted by Crippen LogP contribution is -2.27. The highest BCUT2D eigenvalue weighted by Crippen LogP contribution is 2.27. The molecule has 0 aromatic heterocycles. The number of para-hydroxylation sites is 1. The van der Waals surface area contributed by atoms with Crippen LogP contribution in [0.4, 0.5) is 5.69 Å². The van der Waals surface area contributed by atoms with Crippen LogP contribution in [0.25, 0.3) is 0 Å². The van der Waals surface area contributed by atoms with Gasteiger partial charge in [-0.1, -0.05) is 36.4 Å². The lowest BCUT2D eigenvalue weighted by atomic mass is 10.0. The third-order valence-electron chi connectivity index (χ3n) is 5.81. The van der Waals surface area contributed by atoms with E-state index in [0.29, 0.717) is 48.6 Å². The molecule has 34 heavy (non-hydrogen) atoms. The molecule has 0 spiro atoms. The van der Waals surface area contributed by atoms with Crippen molar-refractivity contribution in [3.63, 3.8) is 0 Å². The molecule has 178 valence electrons. The number of rotatable bonds is 10. The minimum Gasteiger partial charge on any atom is -0.493 e. The third-order valence-corrected chi connectivity index (χ3v) is 5.81. The molecule has 0 aliphatic carbocycles. The Labute approximate surface area is 201 Å². The van der Waals surface area contributed by atoms with E-state index in [4.69, 9.17) is 9.47 Å². The van der Waals surface area contributed by atoms with Crippen molar-refractivity contribution in [3.8, 4) is 11.5 Å². The minimum absolute atomic E-state index is 0.121. The lowest BCUT2D eigenvalue weighted by Gasteiger charge is -2.12. The summed E-state index contributed by atoms with van der Waals surface area (Å²) in [5, 5.41) is 5.83. The van der Waals surface area contributed by atoms with Crippen LogP contribution in [0, 0.1) is 13.8 Å². The Bertz CT molecular complexity index is 1160. The molecule has 6 nitrogen and oxygen atoms in total. The summed E-state index contributed by atoms with van der Waals surface area (Å²) in [5.74, 6) is 0.965. The number of carbonyl (C=O) groups is 2. The standard InChI is InChI=1S/C28H32N2O4/c1-19-9-10-21(17-20(19)2)12-14-27(31)30-24-8-6-5-7-23(24)28(32)29-16-15-22-11-13-25(33-3)26(18-22)34-4/h5-11,13,17-18H,12,14-16H2,1-4H3,(H,29,32)(H,30,31). The first-order valence-corrected chi connectivity index (χ1v) is 11.4. The Morgan fingerprint density at radius 1 is 0.794 bits per heavy atom. The lowest BCUT2D eigenvalue weighted by molar-refractivity contribution is -0.116. The zero-order valence-electron chi connectivity index (χ0n) is 20.2. The fourth-order valence-corrected chi connectivity index (χ4v) is 3.67. The van der Waals surface area contributed by atoms with E-state index in [2.05, 4.69) is 42.7 Å². The van der Waals surface area contributed by atoms with Crippen molar-refractivity contribution in [1.82, 2.24) is 5.32 Å². The van der Waals surface area contributed by atoms with Crippen molar-refractivity contribution in [2.75, 3.05) is 26.1 Å². The van der Waals surface area contributed by atoms with E-state index in [0.717, 1.165) is 11.1 Å². The SMILES string of the molecule is COc1ccc(CCNC(=O)c2ccccc2NC(=O)CCc2ccc(C)c(C)c2)cc1OC. The fraction of sp³-hybridized carbons (Fsp3) is 0.286. The molecule has 2 amide bonds. The fourth-order valence-electron chi connectivity index (χ4n) is 3.67. The van der Waals surface area contributed by atoms with E-state index < -0.39 is 0 Å². The summed E-state index contributed by atoms with van der Waals surface area (Å²) in [5.41, 5.74) is 5.54. The number of anilines is 1. The summed E-state index contributed by atoms with van der Waals surface area (Å²) in [7, 11) is 3.19. The number of amides is 2. The molecule has 0 aliphatic heterocycles. The van der Waals surface area contributed by atoms with Gasteiger partial charge in [-0.15, -0.1) is 0 Å².